The van der Waals surface area contributed by atoms with Crippen LogP contribution in [-0.2, 0) is 0 Å². The van der Waals surface area contributed by atoms with Gasteiger partial charge in [0.2, 0.25) is 0 Å². The zero-order valence-electron chi connectivity index (χ0n) is 10.3. The second-order valence-corrected chi connectivity index (χ2v) is 4.86. The van der Waals surface area contributed by atoms with Gasteiger partial charge in [-0.1, -0.05) is 35.9 Å². The Morgan fingerprint density at radius 1 is 1.05 bits per heavy atom. The maximum atomic E-state index is 10.9. The van der Waals surface area contributed by atoms with Crippen molar-refractivity contribution in [1.29, 1.82) is 0 Å². The molecule has 3 rings (SSSR count). The van der Waals surface area contributed by atoms with Crippen LogP contribution in [0.5, 0.6) is 0 Å². The average molecular weight is 271 g/mol. The van der Waals surface area contributed by atoms with Crippen molar-refractivity contribution in [1.82, 2.24) is 0 Å². The monoisotopic (exact) mass is 270 g/mol. The van der Waals surface area contributed by atoms with Crippen LogP contribution in [-0.4, -0.2) is 6.29 Å². The van der Waals surface area contributed by atoms with Gasteiger partial charge in [0.05, 0.1) is 0 Å². The van der Waals surface area contributed by atoms with Gasteiger partial charge in [0, 0.05) is 16.0 Å². The van der Waals surface area contributed by atoms with Crippen molar-refractivity contribution in [3.8, 4) is 11.1 Å². The van der Waals surface area contributed by atoms with E-state index in [-0.39, 0.29) is 0 Å². The van der Waals surface area contributed by atoms with Crippen LogP contribution >= 0.6 is 11.6 Å². The molecule has 0 amide bonds. The van der Waals surface area contributed by atoms with Crippen LogP contribution in [0.25, 0.3) is 22.1 Å². The van der Waals surface area contributed by atoms with Crippen LogP contribution in [0.1, 0.15) is 16.1 Å². The maximum absolute atomic E-state index is 10.9. The molecular formula is C16H11ClO2. The third kappa shape index (κ3) is 2.04. The van der Waals surface area contributed by atoms with E-state index < -0.39 is 0 Å². The summed E-state index contributed by atoms with van der Waals surface area (Å²) in [6.07, 6.45) is 0.747. The van der Waals surface area contributed by atoms with E-state index in [0.717, 1.165) is 33.9 Å². The molecule has 2 aromatic carbocycles. The van der Waals surface area contributed by atoms with E-state index in [2.05, 4.69) is 0 Å². The van der Waals surface area contributed by atoms with Gasteiger partial charge >= 0.3 is 0 Å². The number of hydrogen-bond acceptors (Lipinski definition) is 2. The molecule has 0 atom stereocenters. The average Bonchev–Trinajstić information content (AvgIpc) is 2.76. The lowest BCUT2D eigenvalue weighted by Crippen LogP contribution is -1.78. The number of rotatable bonds is 2. The van der Waals surface area contributed by atoms with Gasteiger partial charge in [-0.2, -0.15) is 0 Å². The summed E-state index contributed by atoms with van der Waals surface area (Å²) in [4.78, 5) is 10.9. The highest BCUT2D eigenvalue weighted by Crippen LogP contribution is 2.29. The molecule has 0 aliphatic heterocycles. The van der Waals surface area contributed by atoms with Gasteiger partial charge in [-0.15, -0.1) is 0 Å². The lowest BCUT2D eigenvalue weighted by atomic mass is 10.0. The molecule has 0 aliphatic carbocycles. The molecule has 0 fully saturated rings. The van der Waals surface area contributed by atoms with E-state index in [0.29, 0.717) is 10.8 Å². The number of carbonyl (C=O) groups is 1. The van der Waals surface area contributed by atoms with Crippen LogP contribution in [0.3, 0.4) is 0 Å². The van der Waals surface area contributed by atoms with E-state index in [1.54, 1.807) is 0 Å². The number of furan rings is 1. The molecule has 0 radical (unpaired) electrons. The first-order valence-electron chi connectivity index (χ1n) is 5.93. The third-order valence-electron chi connectivity index (χ3n) is 3.26. The second-order valence-electron chi connectivity index (χ2n) is 4.43. The molecule has 0 spiro atoms. The van der Waals surface area contributed by atoms with E-state index in [9.17, 15) is 4.79 Å². The quantitative estimate of drug-likeness (QED) is 0.622. The number of aryl methyl sites for hydroxylation is 1. The fourth-order valence-electron chi connectivity index (χ4n) is 2.18. The molecular weight excluding hydrogens is 260 g/mol. The van der Waals surface area contributed by atoms with Gasteiger partial charge in [0.1, 0.15) is 5.58 Å². The van der Waals surface area contributed by atoms with Gasteiger partial charge < -0.3 is 4.42 Å². The zero-order valence-corrected chi connectivity index (χ0v) is 11.1. The molecule has 1 heterocycles. The van der Waals surface area contributed by atoms with Crippen LogP contribution in [0.4, 0.5) is 0 Å². The van der Waals surface area contributed by atoms with Crippen molar-refractivity contribution in [3.05, 3.63) is 58.8 Å². The van der Waals surface area contributed by atoms with Gasteiger partial charge in [-0.25, -0.2) is 0 Å². The number of hydrogen-bond donors (Lipinski definition) is 0. The van der Waals surface area contributed by atoms with Crippen molar-refractivity contribution >= 4 is 28.9 Å². The highest BCUT2D eigenvalue weighted by Gasteiger charge is 2.10. The summed E-state index contributed by atoms with van der Waals surface area (Å²) in [6, 6.07) is 13.6. The molecule has 0 saturated carbocycles. The molecule has 1 aromatic heterocycles. The number of aldehydes is 1. The van der Waals surface area contributed by atoms with Crippen LogP contribution < -0.4 is 0 Å². The lowest BCUT2D eigenvalue weighted by Gasteiger charge is -2.01. The fourth-order valence-corrected chi connectivity index (χ4v) is 2.30. The predicted octanol–water partition coefficient (Wildman–Crippen LogP) is 4.87. The molecule has 94 valence electrons. The van der Waals surface area contributed by atoms with Crippen molar-refractivity contribution in [2.75, 3.05) is 0 Å². The Balaban J connectivity index is 2.16. The topological polar surface area (TPSA) is 30.2 Å². The van der Waals surface area contributed by atoms with Crippen LogP contribution in [0.15, 0.2) is 46.9 Å². The Hall–Kier alpha value is -2.06. The number of carbonyl (C=O) groups excluding carboxylic acids is 1. The molecule has 3 aromatic rings. The molecule has 0 bridgehead atoms. The molecule has 0 unspecified atom stereocenters. The Kier molecular flexibility index (Phi) is 2.88. The van der Waals surface area contributed by atoms with E-state index >= 15 is 0 Å². The normalized spacial score (nSPS) is 10.8. The summed E-state index contributed by atoms with van der Waals surface area (Å²) < 4.78 is 5.54. The minimum Gasteiger partial charge on any atom is -0.453 e. The van der Waals surface area contributed by atoms with Gasteiger partial charge in [0.25, 0.3) is 0 Å². The largest absolute Gasteiger partial charge is 0.453 e. The first-order chi connectivity index (χ1) is 9.19. The van der Waals surface area contributed by atoms with E-state index in [1.807, 2.05) is 49.4 Å². The maximum Gasteiger partial charge on any atom is 0.185 e. The van der Waals surface area contributed by atoms with E-state index in [4.69, 9.17) is 16.0 Å². The Morgan fingerprint density at radius 2 is 1.74 bits per heavy atom. The van der Waals surface area contributed by atoms with Gasteiger partial charge in [0.15, 0.2) is 12.0 Å². The van der Waals surface area contributed by atoms with E-state index in [1.165, 1.54) is 0 Å². The first kappa shape index (κ1) is 12.0. The summed E-state index contributed by atoms with van der Waals surface area (Å²) >= 11 is 5.88. The SMILES string of the molecule is Cc1c(C=O)oc2cc(-c3ccc(Cl)cc3)ccc12. The second kappa shape index (κ2) is 4.56. The smallest absolute Gasteiger partial charge is 0.185 e. The summed E-state index contributed by atoms with van der Waals surface area (Å²) in [5, 5.41) is 1.68. The number of benzene rings is 2. The summed E-state index contributed by atoms with van der Waals surface area (Å²) in [5.41, 5.74) is 3.71. The summed E-state index contributed by atoms with van der Waals surface area (Å²) in [7, 11) is 0. The predicted molar refractivity (Wildman–Crippen MR) is 76.8 cm³/mol. The summed E-state index contributed by atoms with van der Waals surface area (Å²) in [6.45, 7) is 1.89. The Morgan fingerprint density at radius 3 is 2.42 bits per heavy atom. The molecule has 0 N–H and O–H groups in total. The van der Waals surface area contributed by atoms with Gasteiger partial charge in [-0.3, -0.25) is 4.79 Å². The fraction of sp³-hybridized carbons (Fsp3) is 0.0625. The zero-order chi connectivity index (χ0) is 13.4. The van der Waals surface area contributed by atoms with Crippen LogP contribution in [0, 0.1) is 6.92 Å². The molecule has 3 heteroatoms. The molecule has 2 nitrogen and oxygen atoms in total. The van der Waals surface area contributed by atoms with Crippen molar-refractivity contribution in [3.63, 3.8) is 0 Å². The minimum absolute atomic E-state index is 0.392. The number of fused-ring (bicyclic) bond motifs is 1. The highest BCUT2D eigenvalue weighted by atomic mass is 35.5. The lowest BCUT2D eigenvalue weighted by molar-refractivity contribution is 0.110. The first-order valence-corrected chi connectivity index (χ1v) is 6.31. The molecule has 0 aliphatic rings. The summed E-state index contributed by atoms with van der Waals surface area (Å²) in [5.74, 6) is 0.392. The Labute approximate surface area is 115 Å². The highest BCUT2D eigenvalue weighted by molar-refractivity contribution is 6.30. The van der Waals surface area contributed by atoms with Crippen molar-refractivity contribution < 1.29 is 9.21 Å². The van der Waals surface area contributed by atoms with Crippen LogP contribution in [0.2, 0.25) is 5.02 Å². The van der Waals surface area contributed by atoms with Crippen molar-refractivity contribution in [2.24, 2.45) is 0 Å². The van der Waals surface area contributed by atoms with Gasteiger partial charge in [-0.05, 0) is 36.2 Å². The third-order valence-corrected chi connectivity index (χ3v) is 3.51. The van der Waals surface area contributed by atoms with Crippen molar-refractivity contribution in [2.45, 2.75) is 6.92 Å². The number of halogens is 1. The minimum atomic E-state index is 0.392. The Bertz CT molecular complexity index is 754. The molecule has 0 saturated heterocycles. The standard InChI is InChI=1S/C16H11ClO2/c1-10-14-7-4-12(8-15(14)19-16(10)9-18)11-2-5-13(17)6-3-11/h2-9H,1H3. The molecule has 19 heavy (non-hydrogen) atoms.